The Morgan fingerprint density at radius 1 is 1.32 bits per heavy atom. The Balaban J connectivity index is 2.00. The summed E-state index contributed by atoms with van der Waals surface area (Å²) in [7, 11) is 1.44. The number of hydrogen-bond acceptors (Lipinski definition) is 3. The van der Waals surface area contributed by atoms with Gasteiger partial charge >= 0.3 is 5.97 Å². The molecule has 1 aliphatic heterocycles. The summed E-state index contributed by atoms with van der Waals surface area (Å²) in [6, 6.07) is 6.18. The second-order valence-electron chi connectivity index (χ2n) is 5.30. The van der Waals surface area contributed by atoms with Gasteiger partial charge in [-0.1, -0.05) is 12.1 Å². The van der Waals surface area contributed by atoms with E-state index in [1.807, 2.05) is 12.1 Å². The Bertz CT molecular complexity index is 530. The van der Waals surface area contributed by atoms with Gasteiger partial charge in [-0.25, -0.2) is 4.79 Å². The number of rotatable bonds is 3. The second-order valence-corrected chi connectivity index (χ2v) is 5.30. The number of esters is 1. The first-order valence-electron chi connectivity index (χ1n) is 6.91. The van der Waals surface area contributed by atoms with Crippen LogP contribution in [-0.2, 0) is 4.74 Å². The lowest BCUT2D eigenvalue weighted by Crippen LogP contribution is -2.21. The van der Waals surface area contributed by atoms with Crippen LogP contribution in [0.1, 0.15) is 46.7 Å². The molecular formula is C16H19NO2. The molecule has 0 bridgehead atoms. The van der Waals surface area contributed by atoms with Crippen LogP contribution < -0.4 is 5.32 Å². The normalized spacial score (nSPS) is 18.9. The number of carbonyl (C=O) groups is 1. The number of ether oxygens (including phenoxy) is 1. The van der Waals surface area contributed by atoms with Gasteiger partial charge < -0.3 is 10.1 Å². The minimum absolute atomic E-state index is 0.242. The average molecular weight is 257 g/mol. The van der Waals surface area contributed by atoms with Crippen LogP contribution in [-0.4, -0.2) is 26.2 Å². The highest BCUT2D eigenvalue weighted by molar-refractivity contribution is 5.91. The molecule has 0 saturated heterocycles. The highest BCUT2D eigenvalue weighted by Gasteiger charge is 2.25. The summed E-state index contributed by atoms with van der Waals surface area (Å²) < 4.78 is 4.86. The van der Waals surface area contributed by atoms with Crippen molar-refractivity contribution in [3.63, 3.8) is 0 Å². The minimum Gasteiger partial charge on any atom is -0.465 e. The number of benzene rings is 1. The zero-order chi connectivity index (χ0) is 13.2. The molecule has 0 atom stereocenters. The fraction of sp³-hybridized carbons (Fsp3) is 0.438. The molecule has 0 aromatic heterocycles. The van der Waals surface area contributed by atoms with E-state index in [1.165, 1.54) is 31.1 Å². The Hall–Kier alpha value is -1.61. The summed E-state index contributed by atoms with van der Waals surface area (Å²) in [5.74, 6) is 0.397. The van der Waals surface area contributed by atoms with E-state index >= 15 is 0 Å². The molecule has 1 aromatic rings. The summed E-state index contributed by atoms with van der Waals surface area (Å²) in [5.41, 5.74) is 4.41. The van der Waals surface area contributed by atoms with Crippen molar-refractivity contribution >= 4 is 11.5 Å². The van der Waals surface area contributed by atoms with E-state index in [4.69, 9.17) is 4.74 Å². The fourth-order valence-electron chi connectivity index (χ4n) is 2.59. The maximum Gasteiger partial charge on any atom is 0.337 e. The molecule has 1 aromatic carbocycles. The molecule has 19 heavy (non-hydrogen) atoms. The molecular weight excluding hydrogens is 238 g/mol. The van der Waals surface area contributed by atoms with Gasteiger partial charge in [0, 0.05) is 6.54 Å². The molecule has 1 fully saturated rings. The topological polar surface area (TPSA) is 38.3 Å². The number of nitrogens with one attached hydrogen (secondary N) is 1. The van der Waals surface area contributed by atoms with E-state index in [0.29, 0.717) is 11.5 Å². The smallest absolute Gasteiger partial charge is 0.337 e. The van der Waals surface area contributed by atoms with E-state index in [2.05, 4.69) is 17.5 Å². The van der Waals surface area contributed by atoms with Crippen molar-refractivity contribution < 1.29 is 9.53 Å². The summed E-state index contributed by atoms with van der Waals surface area (Å²) in [4.78, 5) is 11.8. The van der Waals surface area contributed by atoms with Gasteiger partial charge in [0.1, 0.15) is 0 Å². The van der Waals surface area contributed by atoms with Crippen molar-refractivity contribution in [2.45, 2.75) is 25.2 Å². The van der Waals surface area contributed by atoms with E-state index in [9.17, 15) is 4.79 Å². The SMILES string of the molecule is COC(=O)c1cc(C2=CCCNC2)cc(C2CC2)c1. The fourth-order valence-corrected chi connectivity index (χ4v) is 2.59. The van der Waals surface area contributed by atoms with Crippen molar-refractivity contribution in [2.24, 2.45) is 0 Å². The molecule has 1 N–H and O–H groups in total. The first kappa shape index (κ1) is 12.4. The number of carbonyl (C=O) groups excluding carboxylic acids is 1. The summed E-state index contributed by atoms with van der Waals surface area (Å²) in [5, 5.41) is 3.38. The molecule has 0 spiro atoms. The van der Waals surface area contributed by atoms with Gasteiger partial charge in [0.05, 0.1) is 12.7 Å². The van der Waals surface area contributed by atoms with Gasteiger partial charge in [-0.3, -0.25) is 0 Å². The average Bonchev–Trinajstić information content (AvgIpc) is 3.31. The molecule has 1 aliphatic carbocycles. The van der Waals surface area contributed by atoms with E-state index in [0.717, 1.165) is 25.1 Å². The van der Waals surface area contributed by atoms with Crippen LogP contribution in [0.25, 0.3) is 5.57 Å². The third kappa shape index (κ3) is 2.71. The van der Waals surface area contributed by atoms with Crippen LogP contribution in [0.2, 0.25) is 0 Å². The lowest BCUT2D eigenvalue weighted by molar-refractivity contribution is 0.0600. The summed E-state index contributed by atoms with van der Waals surface area (Å²) in [6.45, 7) is 1.92. The van der Waals surface area contributed by atoms with Crippen LogP contribution in [0.5, 0.6) is 0 Å². The number of methoxy groups -OCH3 is 1. The Kier molecular flexibility index (Phi) is 3.38. The van der Waals surface area contributed by atoms with Gasteiger partial charge in [-0.05, 0) is 60.6 Å². The lowest BCUT2D eigenvalue weighted by atomic mass is 9.96. The molecule has 100 valence electrons. The Morgan fingerprint density at radius 3 is 2.79 bits per heavy atom. The lowest BCUT2D eigenvalue weighted by Gasteiger charge is -2.16. The summed E-state index contributed by atoms with van der Waals surface area (Å²) in [6.07, 6.45) is 5.79. The molecule has 0 amide bonds. The Morgan fingerprint density at radius 2 is 2.16 bits per heavy atom. The molecule has 3 nitrogen and oxygen atoms in total. The molecule has 0 radical (unpaired) electrons. The molecule has 0 unspecified atom stereocenters. The molecule has 1 saturated carbocycles. The largest absolute Gasteiger partial charge is 0.465 e. The van der Waals surface area contributed by atoms with Crippen molar-refractivity contribution in [3.8, 4) is 0 Å². The highest BCUT2D eigenvalue weighted by atomic mass is 16.5. The van der Waals surface area contributed by atoms with Crippen LogP contribution in [0, 0.1) is 0 Å². The van der Waals surface area contributed by atoms with Gasteiger partial charge in [0.25, 0.3) is 0 Å². The van der Waals surface area contributed by atoms with Gasteiger partial charge in [0.2, 0.25) is 0 Å². The second kappa shape index (κ2) is 5.17. The Labute approximate surface area is 113 Å². The first-order valence-corrected chi connectivity index (χ1v) is 6.91. The van der Waals surface area contributed by atoms with Crippen molar-refractivity contribution in [1.82, 2.24) is 5.32 Å². The summed E-state index contributed by atoms with van der Waals surface area (Å²) >= 11 is 0. The third-order valence-electron chi connectivity index (χ3n) is 3.82. The molecule has 1 heterocycles. The predicted molar refractivity (Wildman–Crippen MR) is 75.2 cm³/mol. The van der Waals surface area contributed by atoms with Crippen LogP contribution in [0.4, 0.5) is 0 Å². The van der Waals surface area contributed by atoms with E-state index in [1.54, 1.807) is 0 Å². The number of hydrogen-bond donors (Lipinski definition) is 1. The zero-order valence-corrected chi connectivity index (χ0v) is 11.2. The minimum atomic E-state index is -0.242. The van der Waals surface area contributed by atoms with E-state index < -0.39 is 0 Å². The molecule has 2 aliphatic rings. The van der Waals surface area contributed by atoms with Gasteiger partial charge in [-0.2, -0.15) is 0 Å². The van der Waals surface area contributed by atoms with Gasteiger partial charge in [-0.15, -0.1) is 0 Å². The monoisotopic (exact) mass is 257 g/mol. The molecule has 3 rings (SSSR count). The van der Waals surface area contributed by atoms with Gasteiger partial charge in [0.15, 0.2) is 0 Å². The first-order chi connectivity index (χ1) is 9.28. The quantitative estimate of drug-likeness (QED) is 0.846. The van der Waals surface area contributed by atoms with Crippen LogP contribution in [0.3, 0.4) is 0 Å². The standard InChI is InChI=1S/C16H19NO2/c1-19-16(18)15-8-13(11-4-5-11)7-14(9-15)12-3-2-6-17-10-12/h3,7-9,11,17H,2,4-6,10H2,1H3. The maximum absolute atomic E-state index is 11.8. The van der Waals surface area contributed by atoms with Crippen molar-refractivity contribution in [2.75, 3.05) is 20.2 Å². The van der Waals surface area contributed by atoms with Crippen LogP contribution >= 0.6 is 0 Å². The maximum atomic E-state index is 11.8. The zero-order valence-electron chi connectivity index (χ0n) is 11.2. The molecule has 3 heteroatoms. The third-order valence-corrected chi connectivity index (χ3v) is 3.82. The van der Waals surface area contributed by atoms with Crippen molar-refractivity contribution in [1.29, 1.82) is 0 Å². The highest BCUT2D eigenvalue weighted by Crippen LogP contribution is 2.41. The van der Waals surface area contributed by atoms with Crippen molar-refractivity contribution in [3.05, 3.63) is 41.0 Å². The predicted octanol–water partition coefficient (Wildman–Crippen LogP) is 2.73. The van der Waals surface area contributed by atoms with E-state index in [-0.39, 0.29) is 5.97 Å². The van der Waals surface area contributed by atoms with Crippen LogP contribution in [0.15, 0.2) is 24.3 Å².